The zero-order chi connectivity index (χ0) is 29.1. The predicted molar refractivity (Wildman–Crippen MR) is 143 cm³/mol. The summed E-state index contributed by atoms with van der Waals surface area (Å²) < 4.78 is 12.5. The van der Waals surface area contributed by atoms with E-state index >= 15 is 0 Å². The van der Waals surface area contributed by atoms with Gasteiger partial charge in [0.05, 0.1) is 5.56 Å². The van der Waals surface area contributed by atoms with Crippen molar-refractivity contribution >= 4 is 17.5 Å². The van der Waals surface area contributed by atoms with Gasteiger partial charge in [-0.1, -0.05) is 78.9 Å². The lowest BCUT2D eigenvalue weighted by Crippen LogP contribution is -2.62. The molecule has 0 spiro atoms. The fraction of sp³-hybridized carbons (Fsp3) is 0.167. The molecule has 0 saturated carbocycles. The summed E-state index contributed by atoms with van der Waals surface area (Å²) in [5.74, 6) is -3.13. The topological polar surface area (TPSA) is 165 Å². The molecule has 3 aromatic carbocycles. The SMILES string of the molecule is O=C(OC(C(=O)c1ccccc1)(C(=O)c1ccccc1)[C@H]1O[C@@H](n2ccc(=O)[nH]c2=O)[C@H](O)[C@@H]1O)c1ccccc1. The minimum atomic E-state index is -2.86. The maximum absolute atomic E-state index is 14.4. The van der Waals surface area contributed by atoms with E-state index in [2.05, 4.69) is 0 Å². The van der Waals surface area contributed by atoms with Gasteiger partial charge in [-0.15, -0.1) is 0 Å². The highest BCUT2D eigenvalue weighted by Gasteiger charge is 2.64. The molecule has 208 valence electrons. The van der Waals surface area contributed by atoms with Crippen LogP contribution in [0.4, 0.5) is 0 Å². The summed E-state index contributed by atoms with van der Waals surface area (Å²) in [4.78, 5) is 68.4. The zero-order valence-electron chi connectivity index (χ0n) is 21.3. The van der Waals surface area contributed by atoms with Crippen molar-refractivity contribution in [3.63, 3.8) is 0 Å². The summed E-state index contributed by atoms with van der Waals surface area (Å²) in [7, 11) is 0. The number of ether oxygens (including phenoxy) is 2. The van der Waals surface area contributed by atoms with E-state index in [1.165, 1.54) is 60.7 Å². The molecule has 0 amide bonds. The highest BCUT2D eigenvalue weighted by Crippen LogP contribution is 2.40. The number of carbonyl (C=O) groups is 3. The zero-order valence-corrected chi connectivity index (χ0v) is 21.3. The second kappa shape index (κ2) is 11.3. The van der Waals surface area contributed by atoms with Gasteiger partial charge in [-0.05, 0) is 12.1 Å². The fourth-order valence-corrected chi connectivity index (χ4v) is 4.75. The van der Waals surface area contributed by atoms with Crippen LogP contribution in [0.25, 0.3) is 0 Å². The minimum Gasteiger partial charge on any atom is -0.435 e. The molecule has 11 heteroatoms. The Morgan fingerprint density at radius 2 is 1.22 bits per heavy atom. The number of rotatable bonds is 8. The van der Waals surface area contributed by atoms with Crippen LogP contribution in [0.15, 0.2) is 113 Å². The molecule has 0 aliphatic carbocycles. The van der Waals surface area contributed by atoms with Crippen molar-refractivity contribution in [2.45, 2.75) is 30.1 Å². The summed E-state index contributed by atoms with van der Waals surface area (Å²) in [6.45, 7) is 0. The van der Waals surface area contributed by atoms with Crippen LogP contribution in [0, 0.1) is 0 Å². The number of ketones is 2. The van der Waals surface area contributed by atoms with E-state index in [4.69, 9.17) is 9.47 Å². The number of benzene rings is 3. The largest absolute Gasteiger partial charge is 0.435 e. The minimum absolute atomic E-state index is 0.0000348. The van der Waals surface area contributed by atoms with E-state index in [0.29, 0.717) is 0 Å². The van der Waals surface area contributed by atoms with Crippen LogP contribution in [-0.2, 0) is 9.47 Å². The molecule has 0 radical (unpaired) electrons. The molecule has 3 N–H and O–H groups in total. The summed E-state index contributed by atoms with van der Waals surface area (Å²) in [6, 6.07) is 23.6. The number of esters is 1. The van der Waals surface area contributed by atoms with Gasteiger partial charge in [-0.2, -0.15) is 0 Å². The normalized spacial score (nSPS) is 20.3. The standard InChI is InChI=1S/C30H24N2O9/c33-21-16-17-32(29(39)31-21)27-23(35)22(34)26(40-27)30(24(36)18-10-4-1-5-11-18,25(37)19-12-6-2-7-13-19)41-28(38)20-14-8-3-9-15-20/h1-17,22-23,26-27,34-35H,(H,31,33,39)/t22-,23+,26-,27+/m0/s1. The van der Waals surface area contributed by atoms with E-state index in [1.54, 1.807) is 30.3 Å². The van der Waals surface area contributed by atoms with E-state index in [0.717, 1.165) is 16.8 Å². The summed E-state index contributed by atoms with van der Waals surface area (Å²) in [6.07, 6.45) is -6.52. The van der Waals surface area contributed by atoms with Gasteiger partial charge in [-0.3, -0.25) is 23.9 Å². The van der Waals surface area contributed by atoms with Gasteiger partial charge in [0.2, 0.25) is 11.6 Å². The Balaban J connectivity index is 1.72. The van der Waals surface area contributed by atoms with Crippen LogP contribution in [0.1, 0.15) is 37.3 Å². The number of aliphatic hydroxyl groups excluding tert-OH is 2. The molecule has 1 aromatic heterocycles. The molecule has 41 heavy (non-hydrogen) atoms. The maximum atomic E-state index is 14.4. The second-order valence-corrected chi connectivity index (χ2v) is 9.33. The molecule has 0 bridgehead atoms. The van der Waals surface area contributed by atoms with Crippen LogP contribution >= 0.6 is 0 Å². The maximum Gasteiger partial charge on any atom is 0.339 e. The van der Waals surface area contributed by atoms with Gasteiger partial charge in [-0.25, -0.2) is 9.59 Å². The third-order valence-corrected chi connectivity index (χ3v) is 6.77. The Bertz CT molecular complexity index is 1630. The Morgan fingerprint density at radius 1 is 0.732 bits per heavy atom. The van der Waals surface area contributed by atoms with Crippen LogP contribution in [0.2, 0.25) is 0 Å². The molecular weight excluding hydrogens is 532 g/mol. The van der Waals surface area contributed by atoms with Crippen molar-refractivity contribution in [3.05, 3.63) is 141 Å². The first-order chi connectivity index (χ1) is 19.7. The van der Waals surface area contributed by atoms with E-state index in [-0.39, 0.29) is 16.7 Å². The number of hydrogen-bond acceptors (Lipinski definition) is 9. The lowest BCUT2D eigenvalue weighted by molar-refractivity contribution is -0.109. The van der Waals surface area contributed by atoms with Crippen molar-refractivity contribution in [1.82, 2.24) is 9.55 Å². The van der Waals surface area contributed by atoms with Crippen molar-refractivity contribution in [1.29, 1.82) is 0 Å². The first-order valence-corrected chi connectivity index (χ1v) is 12.5. The van der Waals surface area contributed by atoms with E-state index < -0.39 is 58.9 Å². The molecular formula is C30H24N2O9. The fourth-order valence-electron chi connectivity index (χ4n) is 4.75. The third-order valence-electron chi connectivity index (χ3n) is 6.77. The van der Waals surface area contributed by atoms with Crippen LogP contribution in [0.3, 0.4) is 0 Å². The molecule has 0 unspecified atom stereocenters. The van der Waals surface area contributed by atoms with Gasteiger partial charge in [0, 0.05) is 23.4 Å². The van der Waals surface area contributed by atoms with Crippen LogP contribution in [0.5, 0.6) is 0 Å². The number of H-pyrrole nitrogens is 1. The monoisotopic (exact) mass is 556 g/mol. The van der Waals surface area contributed by atoms with Gasteiger partial charge >= 0.3 is 11.7 Å². The van der Waals surface area contributed by atoms with Gasteiger partial charge in [0.25, 0.3) is 11.2 Å². The summed E-state index contributed by atoms with van der Waals surface area (Å²) in [5.41, 5.74) is -4.66. The molecule has 4 aromatic rings. The van der Waals surface area contributed by atoms with Crippen molar-refractivity contribution < 1.29 is 34.1 Å². The van der Waals surface area contributed by atoms with Crippen molar-refractivity contribution in [3.8, 4) is 0 Å². The van der Waals surface area contributed by atoms with Crippen molar-refractivity contribution in [2.24, 2.45) is 0 Å². The predicted octanol–water partition coefficient (Wildman–Crippen LogP) is 1.52. The second-order valence-electron chi connectivity index (χ2n) is 9.33. The number of aromatic nitrogens is 2. The molecule has 1 saturated heterocycles. The molecule has 1 aliphatic heterocycles. The smallest absolute Gasteiger partial charge is 0.339 e. The molecule has 11 nitrogen and oxygen atoms in total. The first-order valence-electron chi connectivity index (χ1n) is 12.5. The Morgan fingerprint density at radius 3 is 1.71 bits per heavy atom. The first kappa shape index (κ1) is 27.6. The summed E-state index contributed by atoms with van der Waals surface area (Å²) >= 11 is 0. The van der Waals surface area contributed by atoms with Crippen LogP contribution in [-0.4, -0.2) is 61.2 Å². The number of aromatic amines is 1. The highest BCUT2D eigenvalue weighted by molar-refractivity contribution is 6.24. The lowest BCUT2D eigenvalue weighted by atomic mass is 9.78. The molecule has 4 atom stereocenters. The Labute approximate surface area is 232 Å². The highest BCUT2D eigenvalue weighted by atomic mass is 16.6. The van der Waals surface area contributed by atoms with E-state index in [9.17, 15) is 34.2 Å². The Kier molecular flexibility index (Phi) is 7.58. The molecule has 5 rings (SSSR count). The molecule has 2 heterocycles. The van der Waals surface area contributed by atoms with Gasteiger partial charge in [0.15, 0.2) is 6.23 Å². The van der Waals surface area contributed by atoms with Crippen LogP contribution < -0.4 is 11.2 Å². The molecule has 1 fully saturated rings. The van der Waals surface area contributed by atoms with Gasteiger partial charge in [0.1, 0.15) is 18.3 Å². The summed E-state index contributed by atoms with van der Waals surface area (Å²) in [5, 5.41) is 22.3. The number of carbonyl (C=O) groups excluding carboxylic acids is 3. The third kappa shape index (κ3) is 5.05. The number of nitrogens with one attached hydrogen (secondary N) is 1. The molecule has 1 aliphatic rings. The van der Waals surface area contributed by atoms with E-state index in [1.807, 2.05) is 4.98 Å². The van der Waals surface area contributed by atoms with Crippen molar-refractivity contribution in [2.75, 3.05) is 0 Å². The number of hydrogen-bond donors (Lipinski definition) is 3. The number of Topliss-reactive ketones (excluding diaryl/α,β-unsaturated/α-hetero) is 2. The quantitative estimate of drug-likeness (QED) is 0.166. The number of nitrogens with zero attached hydrogens (tertiary/aromatic N) is 1. The van der Waals surface area contributed by atoms with Gasteiger partial charge < -0.3 is 19.7 Å². The average Bonchev–Trinajstić information content (AvgIpc) is 3.30. The lowest BCUT2D eigenvalue weighted by Gasteiger charge is -2.36. The number of aliphatic hydroxyl groups is 2. The average molecular weight is 557 g/mol. The Hall–Kier alpha value is -4.97.